The lowest BCUT2D eigenvalue weighted by atomic mass is 10.1. The Hall–Kier alpha value is -1.10. The lowest BCUT2D eigenvalue weighted by Crippen LogP contribution is -2.22. The molecule has 1 aliphatic heterocycles. The highest BCUT2D eigenvalue weighted by atomic mass is 35.5. The van der Waals surface area contributed by atoms with Gasteiger partial charge >= 0.3 is 0 Å². The van der Waals surface area contributed by atoms with E-state index in [2.05, 4.69) is 22.3 Å². The Morgan fingerprint density at radius 3 is 2.63 bits per heavy atom. The smallest absolute Gasteiger partial charge is 0.221 e. The highest BCUT2D eigenvalue weighted by Crippen LogP contribution is 2.18. The predicted molar refractivity (Wildman–Crippen MR) is 80.4 cm³/mol. The summed E-state index contributed by atoms with van der Waals surface area (Å²) in [5.74, 6) is 0.622. The van der Waals surface area contributed by atoms with E-state index in [-0.39, 0.29) is 18.3 Å². The van der Waals surface area contributed by atoms with E-state index in [9.17, 15) is 4.79 Å². The normalized spacial score (nSPS) is 18.9. The van der Waals surface area contributed by atoms with E-state index in [0.717, 1.165) is 31.9 Å². The summed E-state index contributed by atoms with van der Waals surface area (Å²) in [4.78, 5) is 13.4. The second-order valence-electron chi connectivity index (χ2n) is 5.00. The molecule has 0 bridgehead atoms. The van der Waals surface area contributed by atoms with Crippen LogP contribution < -0.4 is 11.1 Å². The molecule has 1 amide bonds. The first-order chi connectivity index (χ1) is 8.67. The third-order valence-corrected chi connectivity index (χ3v) is 3.38. The molecular formula is C14H22ClN3O. The number of nitrogens with two attached hydrogens (primary N) is 1. The summed E-state index contributed by atoms with van der Waals surface area (Å²) < 4.78 is 0. The molecule has 1 heterocycles. The van der Waals surface area contributed by atoms with Gasteiger partial charge in [-0.1, -0.05) is 12.1 Å². The van der Waals surface area contributed by atoms with E-state index >= 15 is 0 Å². The molecule has 2 rings (SSSR count). The molecule has 19 heavy (non-hydrogen) atoms. The molecule has 0 spiro atoms. The number of halogens is 1. The first-order valence-corrected chi connectivity index (χ1v) is 6.46. The SMILES string of the molecule is CC(=O)Nc1ccc(CN2CCC(CN)C2)cc1.Cl. The van der Waals surface area contributed by atoms with Gasteiger partial charge in [-0.2, -0.15) is 0 Å². The maximum atomic E-state index is 10.9. The molecule has 1 atom stereocenters. The zero-order valence-corrected chi connectivity index (χ0v) is 12.1. The molecule has 0 aromatic heterocycles. The first-order valence-electron chi connectivity index (χ1n) is 6.46. The lowest BCUT2D eigenvalue weighted by Gasteiger charge is -2.16. The molecule has 0 radical (unpaired) electrons. The fraction of sp³-hybridized carbons (Fsp3) is 0.500. The largest absolute Gasteiger partial charge is 0.330 e. The molecule has 4 nitrogen and oxygen atoms in total. The number of carbonyl (C=O) groups is 1. The molecule has 1 aromatic rings. The topological polar surface area (TPSA) is 58.4 Å². The summed E-state index contributed by atoms with van der Waals surface area (Å²) in [6.45, 7) is 5.51. The average molecular weight is 284 g/mol. The molecule has 3 N–H and O–H groups in total. The van der Waals surface area contributed by atoms with Gasteiger partial charge in [0.05, 0.1) is 0 Å². The van der Waals surface area contributed by atoms with Gasteiger partial charge in [-0.05, 0) is 43.1 Å². The van der Waals surface area contributed by atoms with Crippen LogP contribution in [0.4, 0.5) is 5.69 Å². The van der Waals surface area contributed by atoms with Crippen LogP contribution in [-0.4, -0.2) is 30.4 Å². The maximum Gasteiger partial charge on any atom is 0.221 e. The fourth-order valence-corrected chi connectivity index (χ4v) is 2.40. The van der Waals surface area contributed by atoms with Crippen molar-refractivity contribution in [2.75, 3.05) is 25.0 Å². The third-order valence-electron chi connectivity index (χ3n) is 3.38. The Labute approximate surface area is 120 Å². The van der Waals surface area contributed by atoms with Crippen LogP contribution in [0.15, 0.2) is 24.3 Å². The summed E-state index contributed by atoms with van der Waals surface area (Å²) in [6, 6.07) is 8.04. The lowest BCUT2D eigenvalue weighted by molar-refractivity contribution is -0.114. The minimum absolute atomic E-state index is 0. The minimum atomic E-state index is -0.0342. The van der Waals surface area contributed by atoms with Crippen LogP contribution in [0.25, 0.3) is 0 Å². The third kappa shape index (κ3) is 4.82. The molecule has 5 heteroatoms. The van der Waals surface area contributed by atoms with Crippen molar-refractivity contribution < 1.29 is 4.79 Å². The second-order valence-corrected chi connectivity index (χ2v) is 5.00. The number of amides is 1. The summed E-state index contributed by atoms with van der Waals surface area (Å²) in [5, 5.41) is 2.77. The number of nitrogens with one attached hydrogen (secondary N) is 1. The van der Waals surface area contributed by atoms with Crippen molar-refractivity contribution in [3.05, 3.63) is 29.8 Å². The standard InChI is InChI=1S/C14H21N3O.ClH/c1-11(18)16-14-4-2-12(3-5-14)9-17-7-6-13(8-15)10-17;/h2-5,13H,6-10,15H2,1H3,(H,16,18);1H. The van der Waals surface area contributed by atoms with Crippen LogP contribution in [0.5, 0.6) is 0 Å². The second kappa shape index (κ2) is 7.48. The molecule has 1 fully saturated rings. The Bertz CT molecular complexity index is 408. The summed E-state index contributed by atoms with van der Waals surface area (Å²) in [7, 11) is 0. The monoisotopic (exact) mass is 283 g/mol. The molecule has 0 saturated carbocycles. The van der Waals surface area contributed by atoms with Crippen LogP contribution in [-0.2, 0) is 11.3 Å². The van der Waals surface area contributed by atoms with Crippen molar-refractivity contribution in [3.8, 4) is 0 Å². The Balaban J connectivity index is 0.00000180. The number of hydrogen-bond donors (Lipinski definition) is 2. The van der Waals surface area contributed by atoms with Gasteiger partial charge in [0, 0.05) is 25.7 Å². The van der Waals surface area contributed by atoms with Gasteiger partial charge in [0.2, 0.25) is 5.91 Å². The van der Waals surface area contributed by atoms with Gasteiger partial charge in [-0.3, -0.25) is 9.69 Å². The molecule has 1 saturated heterocycles. The van der Waals surface area contributed by atoms with Crippen molar-refractivity contribution in [3.63, 3.8) is 0 Å². The number of anilines is 1. The van der Waals surface area contributed by atoms with E-state index in [0.29, 0.717) is 5.92 Å². The molecular weight excluding hydrogens is 262 g/mol. The zero-order valence-electron chi connectivity index (χ0n) is 11.3. The quantitative estimate of drug-likeness (QED) is 0.887. The molecule has 0 aliphatic carbocycles. The first kappa shape index (κ1) is 16.0. The van der Waals surface area contributed by atoms with Crippen LogP contribution in [0, 0.1) is 5.92 Å². The Morgan fingerprint density at radius 2 is 2.11 bits per heavy atom. The van der Waals surface area contributed by atoms with E-state index in [1.54, 1.807) is 0 Å². The van der Waals surface area contributed by atoms with Crippen LogP contribution >= 0.6 is 12.4 Å². The van der Waals surface area contributed by atoms with Gasteiger partial charge in [0.25, 0.3) is 0 Å². The zero-order chi connectivity index (χ0) is 13.0. The summed E-state index contributed by atoms with van der Waals surface area (Å²) in [6.07, 6.45) is 1.21. The van der Waals surface area contributed by atoms with Crippen molar-refractivity contribution in [1.29, 1.82) is 0 Å². The number of hydrogen-bond acceptors (Lipinski definition) is 3. The van der Waals surface area contributed by atoms with Crippen molar-refractivity contribution >= 4 is 24.0 Å². The summed E-state index contributed by atoms with van der Waals surface area (Å²) in [5.41, 5.74) is 7.82. The maximum absolute atomic E-state index is 10.9. The van der Waals surface area contributed by atoms with Crippen LogP contribution in [0.1, 0.15) is 18.9 Å². The molecule has 106 valence electrons. The number of rotatable bonds is 4. The molecule has 1 aromatic carbocycles. The van der Waals surface area contributed by atoms with Gasteiger partial charge in [0.15, 0.2) is 0 Å². The number of nitrogens with zero attached hydrogens (tertiary/aromatic N) is 1. The molecule has 1 aliphatic rings. The Kier molecular flexibility index (Phi) is 6.28. The van der Waals surface area contributed by atoms with Crippen molar-refractivity contribution in [2.24, 2.45) is 11.7 Å². The van der Waals surface area contributed by atoms with E-state index in [1.165, 1.54) is 18.9 Å². The van der Waals surface area contributed by atoms with E-state index in [1.807, 2.05) is 12.1 Å². The number of carbonyl (C=O) groups excluding carboxylic acids is 1. The van der Waals surface area contributed by atoms with Crippen molar-refractivity contribution in [1.82, 2.24) is 4.90 Å². The van der Waals surface area contributed by atoms with Crippen LogP contribution in [0.2, 0.25) is 0 Å². The van der Waals surface area contributed by atoms with E-state index < -0.39 is 0 Å². The van der Waals surface area contributed by atoms with Gasteiger partial charge < -0.3 is 11.1 Å². The molecule has 1 unspecified atom stereocenters. The summed E-state index contributed by atoms with van der Waals surface area (Å²) >= 11 is 0. The van der Waals surface area contributed by atoms with Crippen LogP contribution in [0.3, 0.4) is 0 Å². The van der Waals surface area contributed by atoms with Gasteiger partial charge in [-0.15, -0.1) is 12.4 Å². The highest BCUT2D eigenvalue weighted by molar-refractivity contribution is 5.88. The fourth-order valence-electron chi connectivity index (χ4n) is 2.40. The highest BCUT2D eigenvalue weighted by Gasteiger charge is 2.20. The van der Waals surface area contributed by atoms with E-state index in [4.69, 9.17) is 5.73 Å². The van der Waals surface area contributed by atoms with Gasteiger partial charge in [0.1, 0.15) is 0 Å². The minimum Gasteiger partial charge on any atom is -0.330 e. The number of benzene rings is 1. The predicted octanol–water partition coefficient (Wildman–Crippen LogP) is 1.85. The van der Waals surface area contributed by atoms with Crippen molar-refractivity contribution in [2.45, 2.75) is 19.9 Å². The van der Waals surface area contributed by atoms with Gasteiger partial charge in [-0.25, -0.2) is 0 Å². The Morgan fingerprint density at radius 1 is 1.42 bits per heavy atom. The number of likely N-dealkylation sites (tertiary alicyclic amines) is 1. The average Bonchev–Trinajstić information content (AvgIpc) is 2.79.